The van der Waals surface area contributed by atoms with Gasteiger partial charge in [-0.1, -0.05) is 11.6 Å². The molecule has 8 heteroatoms. The molecule has 0 saturated carbocycles. The second-order valence-corrected chi connectivity index (χ2v) is 6.78. The van der Waals surface area contributed by atoms with E-state index in [2.05, 4.69) is 5.32 Å². The van der Waals surface area contributed by atoms with Crippen molar-refractivity contribution in [3.05, 3.63) is 69.0 Å². The van der Waals surface area contributed by atoms with E-state index < -0.39 is 11.6 Å². The van der Waals surface area contributed by atoms with Crippen LogP contribution in [-0.4, -0.2) is 18.5 Å². The van der Waals surface area contributed by atoms with Crippen LogP contribution in [0.2, 0.25) is 5.02 Å². The first kappa shape index (κ1) is 20.4. The van der Waals surface area contributed by atoms with Gasteiger partial charge in [0.2, 0.25) is 5.91 Å². The standard InChI is InChI=1S/C21H18ClNO6/c1-12-7-15(22)3-6-18(12)27-11-21(26)28-10-14-8-20(25)29-19-9-16(23-13(2)24)4-5-17(14)19/h3-9H,10-11H2,1-2H3,(H,23,24). The van der Waals surface area contributed by atoms with Crippen molar-refractivity contribution in [3.8, 4) is 5.75 Å². The van der Waals surface area contributed by atoms with Crippen LogP contribution in [0.25, 0.3) is 11.0 Å². The topological polar surface area (TPSA) is 94.8 Å². The molecule has 0 aliphatic carbocycles. The number of ether oxygens (including phenoxy) is 2. The SMILES string of the molecule is CC(=O)Nc1ccc2c(COC(=O)COc3ccc(Cl)cc3C)cc(=O)oc2c1. The molecule has 3 rings (SSSR count). The highest BCUT2D eigenvalue weighted by Crippen LogP contribution is 2.23. The van der Waals surface area contributed by atoms with Crippen molar-refractivity contribution >= 4 is 40.1 Å². The van der Waals surface area contributed by atoms with E-state index in [1.165, 1.54) is 19.1 Å². The molecule has 7 nitrogen and oxygen atoms in total. The summed E-state index contributed by atoms with van der Waals surface area (Å²) in [5, 5.41) is 3.79. The molecule has 0 fully saturated rings. The highest BCUT2D eigenvalue weighted by atomic mass is 35.5. The first-order chi connectivity index (χ1) is 13.8. The monoisotopic (exact) mass is 415 g/mol. The fraction of sp³-hybridized carbons (Fsp3) is 0.190. The number of hydrogen-bond acceptors (Lipinski definition) is 6. The number of benzene rings is 2. The van der Waals surface area contributed by atoms with E-state index >= 15 is 0 Å². The Morgan fingerprint density at radius 1 is 1.14 bits per heavy atom. The summed E-state index contributed by atoms with van der Waals surface area (Å²) >= 11 is 5.89. The molecule has 3 aromatic rings. The van der Waals surface area contributed by atoms with Crippen molar-refractivity contribution in [2.45, 2.75) is 20.5 Å². The molecular formula is C21H18ClNO6. The molecule has 1 N–H and O–H groups in total. The Morgan fingerprint density at radius 3 is 2.66 bits per heavy atom. The molecule has 1 aromatic heterocycles. The van der Waals surface area contributed by atoms with Crippen LogP contribution in [0.15, 0.2) is 51.7 Å². The third-order valence-electron chi connectivity index (χ3n) is 4.02. The third kappa shape index (κ3) is 5.36. The lowest BCUT2D eigenvalue weighted by Gasteiger charge is -2.10. The molecule has 0 unspecified atom stereocenters. The summed E-state index contributed by atoms with van der Waals surface area (Å²) in [7, 11) is 0. The molecule has 29 heavy (non-hydrogen) atoms. The van der Waals surface area contributed by atoms with Gasteiger partial charge in [0.05, 0.1) is 0 Å². The van der Waals surface area contributed by atoms with Gasteiger partial charge in [-0.25, -0.2) is 9.59 Å². The van der Waals surface area contributed by atoms with Crippen LogP contribution in [0.3, 0.4) is 0 Å². The molecular weight excluding hydrogens is 398 g/mol. The largest absolute Gasteiger partial charge is 0.482 e. The zero-order valence-electron chi connectivity index (χ0n) is 15.8. The van der Waals surface area contributed by atoms with Crippen LogP contribution in [0.1, 0.15) is 18.1 Å². The number of esters is 1. The number of hydrogen-bond donors (Lipinski definition) is 1. The Bertz CT molecular complexity index is 1140. The molecule has 150 valence electrons. The minimum atomic E-state index is -0.587. The van der Waals surface area contributed by atoms with Gasteiger partial charge in [-0.2, -0.15) is 0 Å². The van der Waals surface area contributed by atoms with Crippen LogP contribution >= 0.6 is 11.6 Å². The Hall–Kier alpha value is -3.32. The highest BCUT2D eigenvalue weighted by molar-refractivity contribution is 6.30. The van der Waals surface area contributed by atoms with Crippen LogP contribution in [0.5, 0.6) is 5.75 Å². The number of carbonyl (C=O) groups excluding carboxylic acids is 2. The molecule has 0 radical (unpaired) electrons. The Balaban J connectivity index is 1.68. The molecule has 0 atom stereocenters. The summed E-state index contributed by atoms with van der Waals surface area (Å²) < 4.78 is 15.9. The number of fused-ring (bicyclic) bond motifs is 1. The smallest absolute Gasteiger partial charge is 0.344 e. The minimum absolute atomic E-state index is 0.122. The normalized spacial score (nSPS) is 10.6. The minimum Gasteiger partial charge on any atom is -0.482 e. The Morgan fingerprint density at radius 2 is 1.93 bits per heavy atom. The van der Waals surface area contributed by atoms with Gasteiger partial charge in [-0.05, 0) is 42.8 Å². The van der Waals surface area contributed by atoms with Gasteiger partial charge in [0, 0.05) is 40.7 Å². The Kier molecular flexibility index (Phi) is 6.19. The van der Waals surface area contributed by atoms with Crippen molar-refractivity contribution in [3.63, 3.8) is 0 Å². The van der Waals surface area contributed by atoms with Crippen LogP contribution in [0.4, 0.5) is 5.69 Å². The second-order valence-electron chi connectivity index (χ2n) is 6.34. The van der Waals surface area contributed by atoms with E-state index in [0.29, 0.717) is 27.4 Å². The van der Waals surface area contributed by atoms with E-state index in [4.69, 9.17) is 25.5 Å². The van der Waals surface area contributed by atoms with E-state index in [-0.39, 0.29) is 24.7 Å². The summed E-state index contributed by atoms with van der Waals surface area (Å²) in [6, 6.07) is 11.2. The first-order valence-corrected chi connectivity index (χ1v) is 9.08. The lowest BCUT2D eigenvalue weighted by molar-refractivity contribution is -0.147. The maximum atomic E-state index is 12.0. The van der Waals surface area contributed by atoms with Crippen molar-refractivity contribution < 1.29 is 23.5 Å². The van der Waals surface area contributed by atoms with Crippen LogP contribution in [-0.2, 0) is 20.9 Å². The van der Waals surface area contributed by atoms with E-state index in [1.54, 1.807) is 30.3 Å². The second kappa shape index (κ2) is 8.79. The molecule has 2 aromatic carbocycles. The van der Waals surface area contributed by atoms with Crippen LogP contribution in [0, 0.1) is 6.92 Å². The number of amides is 1. The first-order valence-electron chi connectivity index (χ1n) is 8.71. The van der Waals surface area contributed by atoms with Gasteiger partial charge in [-0.3, -0.25) is 4.79 Å². The fourth-order valence-electron chi connectivity index (χ4n) is 2.74. The third-order valence-corrected chi connectivity index (χ3v) is 4.26. The lowest BCUT2D eigenvalue weighted by Crippen LogP contribution is -2.15. The van der Waals surface area contributed by atoms with Crippen molar-refractivity contribution in [2.75, 3.05) is 11.9 Å². The lowest BCUT2D eigenvalue weighted by atomic mass is 10.1. The molecule has 1 amide bonds. The number of halogens is 1. The molecule has 0 bridgehead atoms. The zero-order valence-corrected chi connectivity index (χ0v) is 16.5. The summed E-state index contributed by atoms with van der Waals surface area (Å²) in [5.74, 6) is -0.300. The number of nitrogens with one attached hydrogen (secondary N) is 1. The average molecular weight is 416 g/mol. The Labute approximate surface area is 171 Å². The van der Waals surface area contributed by atoms with Crippen molar-refractivity contribution in [2.24, 2.45) is 0 Å². The number of anilines is 1. The zero-order chi connectivity index (χ0) is 21.0. The predicted octanol–water partition coefficient (Wildman–Crippen LogP) is 3.84. The molecule has 0 aliphatic rings. The van der Waals surface area contributed by atoms with Crippen LogP contribution < -0.4 is 15.7 Å². The van der Waals surface area contributed by atoms with Gasteiger partial charge in [0.15, 0.2) is 6.61 Å². The van der Waals surface area contributed by atoms with E-state index in [0.717, 1.165) is 5.56 Å². The quantitative estimate of drug-likeness (QED) is 0.485. The van der Waals surface area contributed by atoms with Gasteiger partial charge in [-0.15, -0.1) is 0 Å². The summed E-state index contributed by atoms with van der Waals surface area (Å²) in [5.41, 5.74) is 1.47. The van der Waals surface area contributed by atoms with Gasteiger partial charge < -0.3 is 19.2 Å². The molecule has 0 aliphatic heterocycles. The number of carbonyl (C=O) groups is 2. The summed E-state index contributed by atoms with van der Waals surface area (Å²) in [4.78, 5) is 35.1. The van der Waals surface area contributed by atoms with Gasteiger partial charge in [0.1, 0.15) is 17.9 Å². The molecule has 0 spiro atoms. The molecule has 0 saturated heterocycles. The van der Waals surface area contributed by atoms with Crippen molar-refractivity contribution in [1.82, 2.24) is 0 Å². The average Bonchev–Trinajstić information content (AvgIpc) is 2.64. The van der Waals surface area contributed by atoms with Gasteiger partial charge in [0.25, 0.3) is 0 Å². The van der Waals surface area contributed by atoms with Crippen molar-refractivity contribution in [1.29, 1.82) is 0 Å². The molecule has 1 heterocycles. The number of aryl methyl sites for hydroxylation is 1. The predicted molar refractivity (Wildman–Crippen MR) is 108 cm³/mol. The number of rotatable bonds is 6. The maximum absolute atomic E-state index is 12.0. The maximum Gasteiger partial charge on any atom is 0.344 e. The van der Waals surface area contributed by atoms with E-state index in [9.17, 15) is 14.4 Å². The fourth-order valence-corrected chi connectivity index (χ4v) is 2.97. The van der Waals surface area contributed by atoms with Gasteiger partial charge >= 0.3 is 11.6 Å². The van der Waals surface area contributed by atoms with E-state index in [1.807, 2.05) is 6.92 Å². The summed E-state index contributed by atoms with van der Waals surface area (Å²) in [6.07, 6.45) is 0. The summed E-state index contributed by atoms with van der Waals surface area (Å²) in [6.45, 7) is 2.79. The highest BCUT2D eigenvalue weighted by Gasteiger charge is 2.11.